The van der Waals surface area contributed by atoms with E-state index in [1.807, 2.05) is 39.2 Å². The number of hydrogen-bond acceptors (Lipinski definition) is 3. The molecule has 1 aliphatic rings. The van der Waals surface area contributed by atoms with E-state index >= 15 is 0 Å². The third kappa shape index (κ3) is 1.83. The molecule has 0 bridgehead atoms. The van der Waals surface area contributed by atoms with Crippen LogP contribution in [0.4, 0.5) is 0 Å². The van der Waals surface area contributed by atoms with Gasteiger partial charge in [0.25, 0.3) is 0 Å². The molecular weight excluding hydrogens is 166 g/mol. The summed E-state index contributed by atoms with van der Waals surface area (Å²) < 4.78 is 0. The standard InChI is InChI=1S/C9H17N3O/c1-5-8-11(4)9(13)6-7-12(8)10(2)3/h5H,6-7H2,1-4H3/b8-5-. The van der Waals surface area contributed by atoms with Crippen molar-refractivity contribution in [3.8, 4) is 0 Å². The minimum Gasteiger partial charge on any atom is -0.301 e. The van der Waals surface area contributed by atoms with E-state index in [2.05, 4.69) is 5.01 Å². The Balaban J connectivity index is 2.85. The quantitative estimate of drug-likeness (QED) is 0.592. The first-order valence-corrected chi connectivity index (χ1v) is 4.45. The number of hydrogen-bond donors (Lipinski definition) is 0. The summed E-state index contributed by atoms with van der Waals surface area (Å²) in [7, 11) is 5.77. The van der Waals surface area contributed by atoms with Gasteiger partial charge < -0.3 is 4.90 Å². The second-order valence-electron chi connectivity index (χ2n) is 3.32. The largest absolute Gasteiger partial charge is 0.301 e. The lowest BCUT2D eigenvalue weighted by atomic mass is 10.3. The summed E-state index contributed by atoms with van der Waals surface area (Å²) in [5.74, 6) is 1.15. The van der Waals surface area contributed by atoms with Gasteiger partial charge in [-0.05, 0) is 13.0 Å². The maximum absolute atomic E-state index is 11.4. The Morgan fingerprint density at radius 2 is 2.08 bits per heavy atom. The highest BCUT2D eigenvalue weighted by atomic mass is 16.2. The summed E-state index contributed by atoms with van der Waals surface area (Å²) in [4.78, 5) is 13.1. The van der Waals surface area contributed by atoms with Gasteiger partial charge in [-0.2, -0.15) is 0 Å². The average Bonchev–Trinajstić information content (AvgIpc) is 2.09. The minimum atomic E-state index is 0.186. The molecule has 0 radical (unpaired) electrons. The Kier molecular flexibility index (Phi) is 2.93. The van der Waals surface area contributed by atoms with E-state index in [1.54, 1.807) is 4.90 Å². The molecule has 0 aromatic heterocycles. The monoisotopic (exact) mass is 183 g/mol. The molecule has 0 aromatic carbocycles. The van der Waals surface area contributed by atoms with Crippen LogP contribution in [0.25, 0.3) is 0 Å². The molecule has 0 aromatic rings. The fourth-order valence-corrected chi connectivity index (χ4v) is 1.53. The van der Waals surface area contributed by atoms with Gasteiger partial charge in [0, 0.05) is 34.1 Å². The maximum atomic E-state index is 11.4. The van der Waals surface area contributed by atoms with E-state index in [0.29, 0.717) is 6.42 Å². The van der Waals surface area contributed by atoms with Crippen LogP contribution < -0.4 is 0 Å². The zero-order valence-electron chi connectivity index (χ0n) is 8.74. The molecule has 4 nitrogen and oxygen atoms in total. The van der Waals surface area contributed by atoms with Crippen molar-refractivity contribution >= 4 is 5.91 Å². The highest BCUT2D eigenvalue weighted by Gasteiger charge is 2.25. The molecule has 1 aliphatic heterocycles. The summed E-state index contributed by atoms with van der Waals surface area (Å²) >= 11 is 0. The van der Waals surface area contributed by atoms with Crippen LogP contribution in [0.3, 0.4) is 0 Å². The van der Waals surface area contributed by atoms with Crippen LogP contribution in [0, 0.1) is 0 Å². The first-order valence-electron chi connectivity index (χ1n) is 4.45. The van der Waals surface area contributed by atoms with Crippen LogP contribution in [-0.4, -0.2) is 48.5 Å². The molecule has 1 fully saturated rings. The van der Waals surface area contributed by atoms with Gasteiger partial charge in [-0.3, -0.25) is 9.80 Å². The van der Waals surface area contributed by atoms with Crippen LogP contribution in [0.15, 0.2) is 11.9 Å². The van der Waals surface area contributed by atoms with Crippen LogP contribution >= 0.6 is 0 Å². The van der Waals surface area contributed by atoms with Gasteiger partial charge in [-0.15, -0.1) is 0 Å². The molecule has 74 valence electrons. The number of rotatable bonds is 1. The van der Waals surface area contributed by atoms with Crippen LogP contribution in [0.1, 0.15) is 13.3 Å². The third-order valence-corrected chi connectivity index (χ3v) is 2.26. The maximum Gasteiger partial charge on any atom is 0.229 e. The minimum absolute atomic E-state index is 0.186. The van der Waals surface area contributed by atoms with E-state index < -0.39 is 0 Å². The lowest BCUT2D eigenvalue weighted by molar-refractivity contribution is -0.136. The molecule has 0 aliphatic carbocycles. The smallest absolute Gasteiger partial charge is 0.229 e. The molecule has 1 rings (SSSR count). The molecule has 4 heteroatoms. The molecule has 1 amide bonds. The molecule has 0 saturated carbocycles. The van der Waals surface area contributed by atoms with E-state index in [1.165, 1.54) is 0 Å². The van der Waals surface area contributed by atoms with E-state index in [9.17, 15) is 4.79 Å². The van der Waals surface area contributed by atoms with Crippen LogP contribution in [0.5, 0.6) is 0 Å². The van der Waals surface area contributed by atoms with Gasteiger partial charge in [-0.25, -0.2) is 5.01 Å². The van der Waals surface area contributed by atoms with Crippen molar-refractivity contribution in [2.75, 3.05) is 27.7 Å². The van der Waals surface area contributed by atoms with E-state index in [0.717, 1.165) is 12.4 Å². The van der Waals surface area contributed by atoms with Crippen molar-refractivity contribution in [1.29, 1.82) is 0 Å². The van der Waals surface area contributed by atoms with Gasteiger partial charge in [0.05, 0.1) is 0 Å². The highest BCUT2D eigenvalue weighted by molar-refractivity contribution is 5.78. The topological polar surface area (TPSA) is 26.8 Å². The Hall–Kier alpha value is -1.03. The normalized spacial score (nSPS) is 21.9. The SMILES string of the molecule is C/C=C1/N(C)C(=O)CCN1N(C)C. The molecule has 1 saturated heterocycles. The number of carbonyl (C=O) groups is 1. The Morgan fingerprint density at radius 1 is 1.46 bits per heavy atom. The van der Waals surface area contributed by atoms with Crippen molar-refractivity contribution in [3.63, 3.8) is 0 Å². The Bertz CT molecular complexity index is 235. The van der Waals surface area contributed by atoms with Crippen LogP contribution in [-0.2, 0) is 4.79 Å². The molecule has 1 heterocycles. The lowest BCUT2D eigenvalue weighted by Gasteiger charge is -2.40. The molecule has 0 atom stereocenters. The number of allylic oxidation sites excluding steroid dienone is 1. The van der Waals surface area contributed by atoms with Crippen molar-refractivity contribution in [2.24, 2.45) is 0 Å². The fraction of sp³-hybridized carbons (Fsp3) is 0.667. The summed E-state index contributed by atoms with van der Waals surface area (Å²) in [6.07, 6.45) is 2.54. The Morgan fingerprint density at radius 3 is 2.54 bits per heavy atom. The molecule has 13 heavy (non-hydrogen) atoms. The summed E-state index contributed by atoms with van der Waals surface area (Å²) in [5, 5.41) is 4.08. The average molecular weight is 183 g/mol. The molecule has 0 spiro atoms. The summed E-state index contributed by atoms with van der Waals surface area (Å²) in [5.41, 5.74) is 0. The predicted molar refractivity (Wildman–Crippen MR) is 51.5 cm³/mol. The molecular formula is C9H17N3O. The van der Waals surface area contributed by atoms with E-state index in [-0.39, 0.29) is 5.91 Å². The van der Waals surface area contributed by atoms with Crippen LogP contribution in [0.2, 0.25) is 0 Å². The molecule has 0 N–H and O–H groups in total. The first-order chi connectivity index (χ1) is 6.07. The number of amides is 1. The van der Waals surface area contributed by atoms with E-state index in [4.69, 9.17) is 0 Å². The zero-order chi connectivity index (χ0) is 10.0. The second-order valence-corrected chi connectivity index (χ2v) is 3.32. The number of nitrogens with zero attached hydrogens (tertiary/aromatic N) is 3. The summed E-state index contributed by atoms with van der Waals surface area (Å²) in [6, 6.07) is 0. The van der Waals surface area contributed by atoms with Crippen molar-refractivity contribution in [3.05, 3.63) is 11.9 Å². The highest BCUT2D eigenvalue weighted by Crippen LogP contribution is 2.17. The lowest BCUT2D eigenvalue weighted by Crippen LogP contribution is -2.49. The number of hydrazine groups is 1. The Labute approximate surface area is 79.4 Å². The zero-order valence-corrected chi connectivity index (χ0v) is 8.74. The van der Waals surface area contributed by atoms with Gasteiger partial charge in [0.15, 0.2) is 0 Å². The van der Waals surface area contributed by atoms with Crippen molar-refractivity contribution < 1.29 is 4.79 Å². The number of carbonyl (C=O) groups excluding carboxylic acids is 1. The second kappa shape index (κ2) is 3.79. The van der Waals surface area contributed by atoms with Crippen molar-refractivity contribution in [2.45, 2.75) is 13.3 Å². The summed E-state index contributed by atoms with van der Waals surface area (Å²) in [6.45, 7) is 2.72. The van der Waals surface area contributed by atoms with Gasteiger partial charge in [-0.1, -0.05) is 0 Å². The predicted octanol–water partition coefficient (Wildman–Crippen LogP) is 0.488. The van der Waals surface area contributed by atoms with Crippen molar-refractivity contribution in [1.82, 2.24) is 14.9 Å². The molecule has 0 unspecified atom stereocenters. The first kappa shape index (κ1) is 10.1. The van der Waals surface area contributed by atoms with Gasteiger partial charge in [0.1, 0.15) is 5.82 Å². The third-order valence-electron chi connectivity index (χ3n) is 2.26. The van der Waals surface area contributed by atoms with Gasteiger partial charge >= 0.3 is 0 Å². The fourth-order valence-electron chi connectivity index (χ4n) is 1.53. The van der Waals surface area contributed by atoms with Gasteiger partial charge in [0.2, 0.25) is 5.91 Å².